The summed E-state index contributed by atoms with van der Waals surface area (Å²) in [5.74, 6) is 1.94. The van der Waals surface area contributed by atoms with Gasteiger partial charge in [-0.3, -0.25) is 0 Å². The lowest BCUT2D eigenvalue weighted by Gasteiger charge is -2.59. The summed E-state index contributed by atoms with van der Waals surface area (Å²) in [5.41, 5.74) is 0.285. The minimum atomic E-state index is -0.885. The predicted octanol–water partition coefficient (Wildman–Crippen LogP) is 4.54. The topological polar surface area (TPSA) is 97.6 Å². The zero-order chi connectivity index (χ0) is 28.1. The summed E-state index contributed by atoms with van der Waals surface area (Å²) in [7, 11) is 0. The third-order valence-corrected chi connectivity index (χ3v) is 14.6. The van der Waals surface area contributed by atoms with Crippen molar-refractivity contribution in [3.63, 3.8) is 0 Å². The molecule has 5 aliphatic carbocycles. The van der Waals surface area contributed by atoms with E-state index >= 15 is 0 Å². The van der Waals surface area contributed by atoms with E-state index in [4.69, 9.17) is 18.9 Å². The van der Waals surface area contributed by atoms with Crippen molar-refractivity contribution in [1.82, 2.24) is 0 Å². The number of ether oxygens (including phenoxy) is 4. The SMILES string of the molecule is CC(C)(O)[C@H]1OC23CC4[C@@H]5CCC6C(C)(C)[C@@H](OC7C[C@@H](O)[C@@H](O)CO7)CC[C@@]67C[C@@]57CC[C@]4(C)C2CC[C@H]1O3. The average Bonchev–Trinajstić information content (AvgIpc) is 3.35. The predicted molar refractivity (Wildman–Crippen MR) is 147 cm³/mol. The maximum atomic E-state index is 10.9. The molecule has 8 aliphatic rings. The summed E-state index contributed by atoms with van der Waals surface area (Å²) in [4.78, 5) is 0. The highest BCUT2D eigenvalue weighted by molar-refractivity contribution is 5.30. The number of rotatable bonds is 3. The molecule has 0 amide bonds. The fraction of sp³-hybridized carbons (Fsp3) is 1.00. The minimum Gasteiger partial charge on any atom is -0.390 e. The van der Waals surface area contributed by atoms with Gasteiger partial charge in [-0.15, -0.1) is 0 Å². The van der Waals surface area contributed by atoms with Gasteiger partial charge in [0.25, 0.3) is 0 Å². The van der Waals surface area contributed by atoms with Gasteiger partial charge in [-0.2, -0.15) is 0 Å². The molecule has 3 heterocycles. The molecule has 8 rings (SSSR count). The summed E-state index contributed by atoms with van der Waals surface area (Å²) in [6.45, 7) is 11.3. The molecule has 3 aliphatic heterocycles. The number of hydrogen-bond acceptors (Lipinski definition) is 7. The second kappa shape index (κ2) is 8.25. The molecular formula is C33H52O7. The highest BCUT2D eigenvalue weighted by Gasteiger charge is 2.82. The third kappa shape index (κ3) is 3.32. The van der Waals surface area contributed by atoms with Crippen LogP contribution in [-0.4, -0.2) is 70.1 Å². The lowest BCUT2D eigenvalue weighted by atomic mass is 9.46. The number of aliphatic hydroxyl groups excluding tert-OH is 2. The van der Waals surface area contributed by atoms with Gasteiger partial charge in [-0.05, 0) is 111 Å². The summed E-state index contributed by atoms with van der Waals surface area (Å²) in [6, 6.07) is 0. The van der Waals surface area contributed by atoms with Crippen LogP contribution < -0.4 is 0 Å². The van der Waals surface area contributed by atoms with Crippen LogP contribution in [0.5, 0.6) is 0 Å². The Kier molecular flexibility index (Phi) is 5.63. The van der Waals surface area contributed by atoms with Crippen LogP contribution >= 0.6 is 0 Å². The first-order valence-corrected chi connectivity index (χ1v) is 16.5. The number of fused-ring (bicyclic) bond motifs is 4. The van der Waals surface area contributed by atoms with Crippen molar-refractivity contribution >= 4 is 0 Å². The molecule has 8 fully saturated rings. The first kappa shape index (κ1) is 27.3. The molecule has 0 aromatic rings. The van der Waals surface area contributed by atoms with Crippen molar-refractivity contribution in [3.8, 4) is 0 Å². The van der Waals surface area contributed by atoms with Gasteiger partial charge < -0.3 is 34.3 Å². The zero-order valence-electron chi connectivity index (χ0n) is 25.2. The van der Waals surface area contributed by atoms with E-state index in [1.54, 1.807) is 0 Å². The van der Waals surface area contributed by atoms with E-state index in [2.05, 4.69) is 20.8 Å². The first-order valence-electron chi connectivity index (χ1n) is 16.5. The molecule has 5 unspecified atom stereocenters. The molecule has 3 saturated heterocycles. The maximum Gasteiger partial charge on any atom is 0.173 e. The molecule has 3 spiro atoms. The Hall–Kier alpha value is -0.280. The van der Waals surface area contributed by atoms with Crippen molar-refractivity contribution in [2.75, 3.05) is 6.61 Å². The van der Waals surface area contributed by atoms with Gasteiger partial charge >= 0.3 is 0 Å². The average molecular weight is 561 g/mol. The van der Waals surface area contributed by atoms with Gasteiger partial charge in [0.05, 0.1) is 30.5 Å². The second-order valence-electron chi connectivity index (χ2n) is 17.0. The van der Waals surface area contributed by atoms with Crippen LogP contribution in [0.4, 0.5) is 0 Å². The Morgan fingerprint density at radius 3 is 2.35 bits per heavy atom. The fourth-order valence-electron chi connectivity index (χ4n) is 12.8. The standard InChI is InChI=1S/C33H52O7/c1-28(2)23-8-6-18-19-15-33-24(9-7-22(39-33)27(40-33)29(3,4)36)30(19,5)12-13-31(18)17-32(23,31)11-10-25(28)38-26-14-20(34)21(35)16-37-26/h18-27,34-36H,6-17H2,1-5H3/t18-,19?,20+,21-,22+,23?,24?,25-,26?,27-,30-,31-,32+,33?/m0/s1. The molecule has 0 radical (unpaired) electrons. The van der Waals surface area contributed by atoms with Crippen molar-refractivity contribution in [2.45, 2.75) is 153 Å². The zero-order valence-corrected chi connectivity index (χ0v) is 25.2. The first-order chi connectivity index (χ1) is 18.8. The highest BCUT2D eigenvalue weighted by atomic mass is 16.8. The van der Waals surface area contributed by atoms with Crippen LogP contribution in [0.25, 0.3) is 0 Å². The summed E-state index contributed by atoms with van der Waals surface area (Å²) in [5, 5.41) is 31.0. The number of hydrogen-bond donors (Lipinski definition) is 3. The Balaban J connectivity index is 1.04. The van der Waals surface area contributed by atoms with Gasteiger partial charge in [-0.1, -0.05) is 20.8 Å². The minimum absolute atomic E-state index is 0.0190. The van der Waals surface area contributed by atoms with E-state index in [0.29, 0.717) is 35.0 Å². The van der Waals surface area contributed by atoms with Crippen molar-refractivity contribution in [3.05, 3.63) is 0 Å². The second-order valence-corrected chi connectivity index (χ2v) is 17.0. The van der Waals surface area contributed by atoms with E-state index in [9.17, 15) is 15.3 Å². The van der Waals surface area contributed by atoms with Gasteiger partial charge in [0, 0.05) is 18.8 Å². The largest absolute Gasteiger partial charge is 0.390 e. The van der Waals surface area contributed by atoms with Crippen molar-refractivity contribution in [1.29, 1.82) is 0 Å². The van der Waals surface area contributed by atoms with Gasteiger partial charge in [0.15, 0.2) is 12.1 Å². The maximum absolute atomic E-state index is 10.9. The van der Waals surface area contributed by atoms with Crippen LogP contribution in [0.1, 0.15) is 105 Å². The smallest absolute Gasteiger partial charge is 0.173 e. The molecule has 0 aromatic heterocycles. The molecule has 7 heteroatoms. The third-order valence-electron chi connectivity index (χ3n) is 14.6. The lowest BCUT2D eigenvalue weighted by Crippen LogP contribution is -2.56. The molecule has 0 aromatic carbocycles. The van der Waals surface area contributed by atoms with Crippen LogP contribution in [0.3, 0.4) is 0 Å². The summed E-state index contributed by atoms with van der Waals surface area (Å²) < 4.78 is 26.1. The van der Waals surface area contributed by atoms with Crippen LogP contribution in [0.2, 0.25) is 0 Å². The molecule has 3 N–H and O–H groups in total. The molecule has 5 saturated carbocycles. The van der Waals surface area contributed by atoms with Gasteiger partial charge in [-0.25, -0.2) is 0 Å². The molecule has 2 bridgehead atoms. The van der Waals surface area contributed by atoms with E-state index < -0.39 is 29.9 Å². The van der Waals surface area contributed by atoms with E-state index in [1.807, 2.05) is 13.8 Å². The van der Waals surface area contributed by atoms with E-state index in [1.165, 1.54) is 44.9 Å². The summed E-state index contributed by atoms with van der Waals surface area (Å²) >= 11 is 0. The Morgan fingerprint density at radius 1 is 0.825 bits per heavy atom. The molecule has 14 atom stereocenters. The van der Waals surface area contributed by atoms with Crippen LogP contribution in [0.15, 0.2) is 0 Å². The van der Waals surface area contributed by atoms with Gasteiger partial charge in [0.2, 0.25) is 0 Å². The van der Waals surface area contributed by atoms with Crippen LogP contribution in [-0.2, 0) is 18.9 Å². The fourth-order valence-corrected chi connectivity index (χ4v) is 12.8. The normalized spacial score (nSPS) is 59.7. The molecule has 226 valence electrons. The Labute approximate surface area is 239 Å². The number of aliphatic hydroxyl groups is 3. The van der Waals surface area contributed by atoms with Gasteiger partial charge in [0.1, 0.15) is 12.2 Å². The summed E-state index contributed by atoms with van der Waals surface area (Å²) in [6.07, 6.45) is 10.2. The highest BCUT2D eigenvalue weighted by Crippen LogP contribution is 2.87. The Morgan fingerprint density at radius 2 is 1.60 bits per heavy atom. The molecular weight excluding hydrogens is 508 g/mol. The molecule has 40 heavy (non-hydrogen) atoms. The monoisotopic (exact) mass is 560 g/mol. The molecule has 7 nitrogen and oxygen atoms in total. The Bertz CT molecular complexity index is 1060. The quantitative estimate of drug-likeness (QED) is 0.436. The van der Waals surface area contributed by atoms with E-state index in [0.717, 1.165) is 25.2 Å². The van der Waals surface area contributed by atoms with Crippen molar-refractivity contribution < 1.29 is 34.3 Å². The van der Waals surface area contributed by atoms with E-state index in [-0.39, 0.29) is 35.7 Å². The lowest BCUT2D eigenvalue weighted by molar-refractivity contribution is -0.264. The van der Waals surface area contributed by atoms with Crippen LogP contribution in [0, 0.1) is 45.3 Å². The van der Waals surface area contributed by atoms with Crippen molar-refractivity contribution in [2.24, 2.45) is 45.3 Å².